The highest BCUT2D eigenvalue weighted by atomic mass is 16.3. The first kappa shape index (κ1) is 18.1. The Kier molecular flexibility index (Phi) is 5.24. The van der Waals surface area contributed by atoms with E-state index in [0.29, 0.717) is 0 Å². The molecule has 0 bridgehead atoms. The molecular formula is C24H28N2O. The predicted molar refractivity (Wildman–Crippen MR) is 111 cm³/mol. The molecule has 0 saturated carbocycles. The molecule has 2 heterocycles. The Bertz CT molecular complexity index is 918. The molecule has 1 fully saturated rings. The summed E-state index contributed by atoms with van der Waals surface area (Å²) >= 11 is 0. The number of pyridine rings is 1. The van der Waals surface area contributed by atoms with E-state index in [1.807, 2.05) is 12.3 Å². The summed E-state index contributed by atoms with van der Waals surface area (Å²) in [7, 11) is 0. The summed E-state index contributed by atoms with van der Waals surface area (Å²) in [5.74, 6) is 0. The van der Waals surface area contributed by atoms with Gasteiger partial charge in [0, 0.05) is 30.1 Å². The number of aliphatic hydroxyl groups excluding tert-OH is 1. The third kappa shape index (κ3) is 3.90. The Hall–Kier alpha value is -2.23. The Morgan fingerprint density at radius 3 is 2.70 bits per heavy atom. The van der Waals surface area contributed by atoms with Crippen LogP contribution in [-0.2, 0) is 13.0 Å². The molecule has 3 nitrogen and oxygen atoms in total. The standard InChI is InChI=1S/C24H28N2O/c1-19-7-2-3-8-20(19)15-24(18-27)12-6-14-26(17-24)16-21-11-13-25-23-10-5-4-9-22(21)23/h2-5,7-11,13,27H,6,12,14-18H2,1H3. The number of para-hydroxylation sites is 1. The average molecular weight is 361 g/mol. The molecule has 0 spiro atoms. The normalized spacial score (nSPS) is 20.8. The van der Waals surface area contributed by atoms with Gasteiger partial charge in [-0.3, -0.25) is 9.88 Å². The molecule has 140 valence electrons. The highest BCUT2D eigenvalue weighted by Gasteiger charge is 2.35. The summed E-state index contributed by atoms with van der Waals surface area (Å²) in [4.78, 5) is 7.00. The maximum absolute atomic E-state index is 10.3. The van der Waals surface area contributed by atoms with Gasteiger partial charge in [0.15, 0.2) is 0 Å². The molecule has 0 amide bonds. The van der Waals surface area contributed by atoms with Gasteiger partial charge in [0.05, 0.1) is 12.1 Å². The minimum absolute atomic E-state index is 0.0484. The molecule has 1 aliphatic rings. The second kappa shape index (κ2) is 7.79. The van der Waals surface area contributed by atoms with Crippen LogP contribution in [0.25, 0.3) is 10.9 Å². The number of hydrogen-bond donors (Lipinski definition) is 1. The van der Waals surface area contributed by atoms with E-state index in [0.717, 1.165) is 44.4 Å². The molecule has 1 saturated heterocycles. The summed E-state index contributed by atoms with van der Waals surface area (Å²) < 4.78 is 0. The number of aromatic nitrogens is 1. The first-order valence-electron chi connectivity index (χ1n) is 9.89. The van der Waals surface area contributed by atoms with Gasteiger partial charge in [0.2, 0.25) is 0 Å². The minimum atomic E-state index is -0.0484. The molecule has 0 aliphatic carbocycles. The fraction of sp³-hybridized carbons (Fsp3) is 0.375. The fourth-order valence-electron chi connectivity index (χ4n) is 4.52. The first-order valence-corrected chi connectivity index (χ1v) is 9.89. The zero-order valence-electron chi connectivity index (χ0n) is 16.1. The van der Waals surface area contributed by atoms with Crippen LogP contribution in [0.4, 0.5) is 0 Å². The van der Waals surface area contributed by atoms with Crippen molar-refractivity contribution in [2.75, 3.05) is 19.7 Å². The summed E-state index contributed by atoms with van der Waals surface area (Å²) in [5, 5.41) is 11.5. The molecule has 1 aromatic heterocycles. The largest absolute Gasteiger partial charge is 0.396 e. The number of aryl methyl sites for hydroxylation is 1. The number of nitrogens with zero attached hydrogens (tertiary/aromatic N) is 2. The van der Waals surface area contributed by atoms with Crippen molar-refractivity contribution in [3.05, 3.63) is 77.5 Å². The maximum Gasteiger partial charge on any atom is 0.0705 e. The smallest absolute Gasteiger partial charge is 0.0705 e. The highest BCUT2D eigenvalue weighted by molar-refractivity contribution is 5.81. The van der Waals surface area contributed by atoms with Crippen molar-refractivity contribution in [3.63, 3.8) is 0 Å². The van der Waals surface area contributed by atoms with Crippen molar-refractivity contribution in [2.45, 2.75) is 32.7 Å². The predicted octanol–water partition coefficient (Wildman–Crippen LogP) is 4.36. The van der Waals surface area contributed by atoms with Crippen molar-refractivity contribution in [2.24, 2.45) is 5.41 Å². The lowest BCUT2D eigenvalue weighted by Crippen LogP contribution is -2.46. The van der Waals surface area contributed by atoms with E-state index in [2.05, 4.69) is 65.3 Å². The number of likely N-dealkylation sites (tertiary alicyclic amines) is 1. The van der Waals surface area contributed by atoms with Crippen LogP contribution < -0.4 is 0 Å². The molecule has 3 aromatic rings. The van der Waals surface area contributed by atoms with E-state index in [4.69, 9.17) is 0 Å². The van der Waals surface area contributed by atoms with Crippen molar-refractivity contribution in [3.8, 4) is 0 Å². The van der Waals surface area contributed by atoms with Crippen LogP contribution in [0.15, 0.2) is 60.8 Å². The van der Waals surface area contributed by atoms with Crippen LogP contribution in [0, 0.1) is 12.3 Å². The fourth-order valence-corrected chi connectivity index (χ4v) is 4.52. The van der Waals surface area contributed by atoms with Crippen LogP contribution in [0.1, 0.15) is 29.5 Å². The monoisotopic (exact) mass is 360 g/mol. The van der Waals surface area contributed by atoms with Gasteiger partial charge < -0.3 is 5.11 Å². The van der Waals surface area contributed by atoms with Gasteiger partial charge in [-0.1, -0.05) is 42.5 Å². The van der Waals surface area contributed by atoms with Crippen LogP contribution in [0.2, 0.25) is 0 Å². The van der Waals surface area contributed by atoms with E-state index in [-0.39, 0.29) is 12.0 Å². The molecule has 1 N–H and O–H groups in total. The molecule has 3 heteroatoms. The molecule has 1 unspecified atom stereocenters. The van der Waals surface area contributed by atoms with E-state index in [1.165, 1.54) is 22.1 Å². The van der Waals surface area contributed by atoms with Gasteiger partial charge in [0.1, 0.15) is 0 Å². The molecule has 0 radical (unpaired) electrons. The Morgan fingerprint density at radius 2 is 1.85 bits per heavy atom. The van der Waals surface area contributed by atoms with E-state index < -0.39 is 0 Å². The average Bonchev–Trinajstić information content (AvgIpc) is 2.70. The molecule has 27 heavy (non-hydrogen) atoms. The van der Waals surface area contributed by atoms with Gasteiger partial charge in [-0.25, -0.2) is 0 Å². The van der Waals surface area contributed by atoms with Gasteiger partial charge >= 0.3 is 0 Å². The summed E-state index contributed by atoms with van der Waals surface area (Å²) in [6, 6.07) is 19.1. The quantitative estimate of drug-likeness (QED) is 0.734. The zero-order valence-corrected chi connectivity index (χ0v) is 16.1. The van der Waals surface area contributed by atoms with Crippen molar-refractivity contribution < 1.29 is 5.11 Å². The number of piperidine rings is 1. The third-order valence-electron chi connectivity index (χ3n) is 6.04. The zero-order chi connectivity index (χ0) is 18.7. The van der Waals surface area contributed by atoms with Crippen molar-refractivity contribution >= 4 is 10.9 Å². The van der Waals surface area contributed by atoms with Gasteiger partial charge in [-0.15, -0.1) is 0 Å². The maximum atomic E-state index is 10.3. The number of benzene rings is 2. The Labute approximate surface area is 161 Å². The Morgan fingerprint density at radius 1 is 1.04 bits per heavy atom. The van der Waals surface area contributed by atoms with Crippen LogP contribution in [0.5, 0.6) is 0 Å². The SMILES string of the molecule is Cc1ccccc1CC1(CO)CCCN(Cc2ccnc3ccccc23)C1. The third-order valence-corrected chi connectivity index (χ3v) is 6.04. The van der Waals surface area contributed by atoms with Crippen molar-refractivity contribution in [1.82, 2.24) is 9.88 Å². The summed E-state index contributed by atoms with van der Waals surface area (Å²) in [6.07, 6.45) is 5.08. The lowest BCUT2D eigenvalue weighted by molar-refractivity contribution is 0.0289. The van der Waals surface area contributed by atoms with E-state index in [9.17, 15) is 5.11 Å². The lowest BCUT2D eigenvalue weighted by Gasteiger charge is -2.42. The molecular weight excluding hydrogens is 332 g/mol. The summed E-state index contributed by atoms with van der Waals surface area (Å²) in [5.41, 5.74) is 5.02. The van der Waals surface area contributed by atoms with Crippen LogP contribution in [0.3, 0.4) is 0 Å². The lowest BCUT2D eigenvalue weighted by atomic mass is 9.75. The van der Waals surface area contributed by atoms with Gasteiger partial charge in [-0.05, 0) is 61.6 Å². The second-order valence-electron chi connectivity index (χ2n) is 8.06. The number of fused-ring (bicyclic) bond motifs is 1. The number of aliphatic hydroxyl groups is 1. The topological polar surface area (TPSA) is 36.4 Å². The van der Waals surface area contributed by atoms with E-state index in [1.54, 1.807) is 0 Å². The van der Waals surface area contributed by atoms with Crippen LogP contribution >= 0.6 is 0 Å². The van der Waals surface area contributed by atoms with E-state index >= 15 is 0 Å². The number of rotatable bonds is 5. The van der Waals surface area contributed by atoms with Gasteiger partial charge in [0.25, 0.3) is 0 Å². The highest BCUT2D eigenvalue weighted by Crippen LogP contribution is 2.35. The molecule has 1 aliphatic heterocycles. The minimum Gasteiger partial charge on any atom is -0.396 e. The Balaban J connectivity index is 1.55. The second-order valence-corrected chi connectivity index (χ2v) is 8.06. The van der Waals surface area contributed by atoms with Crippen LogP contribution in [-0.4, -0.2) is 34.7 Å². The molecule has 2 aromatic carbocycles. The summed E-state index contributed by atoms with van der Waals surface area (Å²) in [6.45, 7) is 5.36. The molecule has 1 atom stereocenters. The van der Waals surface area contributed by atoms with Gasteiger partial charge in [-0.2, -0.15) is 0 Å². The van der Waals surface area contributed by atoms with Crippen molar-refractivity contribution in [1.29, 1.82) is 0 Å². The first-order chi connectivity index (χ1) is 13.2. The number of hydrogen-bond acceptors (Lipinski definition) is 3. The molecule has 4 rings (SSSR count).